The van der Waals surface area contributed by atoms with Crippen molar-refractivity contribution in [2.75, 3.05) is 18.5 Å². The van der Waals surface area contributed by atoms with Gasteiger partial charge in [-0.2, -0.15) is 0 Å². The lowest BCUT2D eigenvalue weighted by molar-refractivity contribution is -0.125. The Morgan fingerprint density at radius 1 is 1.04 bits per heavy atom. The molecule has 0 aromatic heterocycles. The lowest BCUT2D eigenvalue weighted by Crippen LogP contribution is -2.44. The quantitative estimate of drug-likeness (QED) is 0.785. The largest absolute Gasteiger partial charge is 0.490 e. The van der Waals surface area contributed by atoms with Gasteiger partial charge in [-0.05, 0) is 76.3 Å². The van der Waals surface area contributed by atoms with Crippen LogP contribution in [-0.4, -0.2) is 25.2 Å². The standard InChI is InChI=1S/C24H31NO3/c1-16(2)28-22-18(4)14-21(15-19(22)5)25-23(26)24(10-12-27-13-11-24)20-8-6-17(3)7-9-20/h6-9,14-16H,10-13H2,1-5H3,(H,25,26). The van der Waals surface area contributed by atoms with Crippen molar-refractivity contribution in [1.29, 1.82) is 0 Å². The second kappa shape index (κ2) is 8.36. The van der Waals surface area contributed by atoms with E-state index in [1.807, 2.05) is 39.8 Å². The second-order valence-electron chi connectivity index (χ2n) is 8.12. The number of anilines is 1. The first-order chi connectivity index (χ1) is 13.3. The molecule has 4 heteroatoms. The molecule has 28 heavy (non-hydrogen) atoms. The Labute approximate surface area is 168 Å². The fourth-order valence-corrected chi connectivity index (χ4v) is 3.93. The molecule has 2 aromatic carbocycles. The Morgan fingerprint density at radius 2 is 1.61 bits per heavy atom. The van der Waals surface area contributed by atoms with Crippen molar-refractivity contribution in [3.63, 3.8) is 0 Å². The van der Waals surface area contributed by atoms with Gasteiger partial charge in [-0.1, -0.05) is 29.8 Å². The zero-order valence-corrected chi connectivity index (χ0v) is 17.6. The summed E-state index contributed by atoms with van der Waals surface area (Å²) in [4.78, 5) is 13.5. The normalized spacial score (nSPS) is 16.1. The molecule has 2 aromatic rings. The topological polar surface area (TPSA) is 47.6 Å². The molecule has 1 N–H and O–H groups in total. The first-order valence-corrected chi connectivity index (χ1v) is 10.1. The predicted octanol–water partition coefficient (Wildman–Crippen LogP) is 5.09. The van der Waals surface area contributed by atoms with Crippen LogP contribution in [0.15, 0.2) is 36.4 Å². The summed E-state index contributed by atoms with van der Waals surface area (Å²) >= 11 is 0. The highest BCUT2D eigenvalue weighted by Gasteiger charge is 2.41. The van der Waals surface area contributed by atoms with Gasteiger partial charge in [-0.25, -0.2) is 0 Å². The van der Waals surface area contributed by atoms with Crippen LogP contribution >= 0.6 is 0 Å². The van der Waals surface area contributed by atoms with Crippen LogP contribution in [0.5, 0.6) is 5.75 Å². The second-order valence-corrected chi connectivity index (χ2v) is 8.12. The molecular weight excluding hydrogens is 350 g/mol. The first-order valence-electron chi connectivity index (χ1n) is 10.1. The zero-order chi connectivity index (χ0) is 20.3. The van der Waals surface area contributed by atoms with Crippen LogP contribution in [0.1, 0.15) is 48.9 Å². The molecule has 1 aliphatic heterocycles. The molecule has 0 atom stereocenters. The first kappa shape index (κ1) is 20.4. The molecular formula is C24H31NO3. The minimum atomic E-state index is -0.555. The van der Waals surface area contributed by atoms with Crippen LogP contribution in [0.2, 0.25) is 0 Å². The molecule has 150 valence electrons. The van der Waals surface area contributed by atoms with Gasteiger partial charge in [0.1, 0.15) is 5.75 Å². The Hall–Kier alpha value is -2.33. The van der Waals surface area contributed by atoms with Crippen LogP contribution in [0.3, 0.4) is 0 Å². The van der Waals surface area contributed by atoms with E-state index < -0.39 is 5.41 Å². The molecule has 1 aliphatic rings. The summed E-state index contributed by atoms with van der Waals surface area (Å²) in [5, 5.41) is 3.18. The fourth-order valence-electron chi connectivity index (χ4n) is 3.93. The monoisotopic (exact) mass is 381 g/mol. The van der Waals surface area contributed by atoms with Crippen LogP contribution in [0.25, 0.3) is 0 Å². The molecule has 1 fully saturated rings. The number of carbonyl (C=O) groups excluding carboxylic acids is 1. The van der Waals surface area contributed by atoms with E-state index in [0.29, 0.717) is 26.1 Å². The van der Waals surface area contributed by atoms with Gasteiger partial charge in [0.05, 0.1) is 11.5 Å². The maximum absolute atomic E-state index is 13.5. The van der Waals surface area contributed by atoms with Crippen LogP contribution in [-0.2, 0) is 14.9 Å². The highest BCUT2D eigenvalue weighted by Crippen LogP contribution is 2.37. The third-order valence-corrected chi connectivity index (χ3v) is 5.46. The SMILES string of the molecule is Cc1ccc(C2(C(=O)Nc3cc(C)c(OC(C)C)c(C)c3)CCOCC2)cc1. The van der Waals surface area contributed by atoms with Crippen molar-refractivity contribution in [2.24, 2.45) is 0 Å². The van der Waals surface area contributed by atoms with Crippen LogP contribution in [0, 0.1) is 20.8 Å². The number of aryl methyl sites for hydroxylation is 3. The van der Waals surface area contributed by atoms with Crippen molar-refractivity contribution < 1.29 is 14.3 Å². The van der Waals surface area contributed by atoms with Gasteiger partial charge >= 0.3 is 0 Å². The lowest BCUT2D eigenvalue weighted by atomic mass is 9.73. The van der Waals surface area contributed by atoms with E-state index in [-0.39, 0.29) is 12.0 Å². The van der Waals surface area contributed by atoms with Crippen molar-refractivity contribution in [2.45, 2.75) is 59.0 Å². The molecule has 1 amide bonds. The molecule has 3 rings (SSSR count). The van der Waals surface area contributed by atoms with Gasteiger partial charge in [0.25, 0.3) is 0 Å². The number of rotatable bonds is 5. The minimum Gasteiger partial charge on any atom is -0.490 e. The molecule has 0 spiro atoms. The van der Waals surface area contributed by atoms with Crippen molar-refractivity contribution in [3.8, 4) is 5.75 Å². The summed E-state index contributed by atoms with van der Waals surface area (Å²) in [5.41, 5.74) is 4.57. The number of ether oxygens (including phenoxy) is 2. The molecule has 1 heterocycles. The number of nitrogens with one attached hydrogen (secondary N) is 1. The Bertz CT molecular complexity index is 810. The Kier molecular flexibility index (Phi) is 6.09. The van der Waals surface area contributed by atoms with E-state index in [1.54, 1.807) is 0 Å². The van der Waals surface area contributed by atoms with E-state index in [4.69, 9.17) is 9.47 Å². The number of hydrogen-bond acceptors (Lipinski definition) is 3. The molecule has 1 saturated heterocycles. The molecule has 0 bridgehead atoms. The summed E-state index contributed by atoms with van der Waals surface area (Å²) in [7, 11) is 0. The zero-order valence-electron chi connectivity index (χ0n) is 17.6. The van der Waals surface area contributed by atoms with Gasteiger partial charge in [-0.15, -0.1) is 0 Å². The third-order valence-electron chi connectivity index (χ3n) is 5.46. The number of hydrogen-bond donors (Lipinski definition) is 1. The number of amides is 1. The molecule has 0 radical (unpaired) electrons. The molecule has 0 saturated carbocycles. The summed E-state index contributed by atoms with van der Waals surface area (Å²) in [5.74, 6) is 0.934. The van der Waals surface area contributed by atoms with E-state index in [2.05, 4.69) is 36.5 Å². The van der Waals surface area contributed by atoms with E-state index in [9.17, 15) is 4.79 Å². The highest BCUT2D eigenvalue weighted by atomic mass is 16.5. The van der Waals surface area contributed by atoms with Gasteiger partial charge in [0.15, 0.2) is 0 Å². The average Bonchev–Trinajstić information content (AvgIpc) is 2.65. The number of benzene rings is 2. The average molecular weight is 382 g/mol. The molecule has 0 aliphatic carbocycles. The third kappa shape index (κ3) is 4.22. The van der Waals surface area contributed by atoms with Gasteiger partial charge in [0.2, 0.25) is 5.91 Å². The van der Waals surface area contributed by atoms with Crippen LogP contribution in [0.4, 0.5) is 5.69 Å². The summed E-state index contributed by atoms with van der Waals surface area (Å²) < 4.78 is 11.5. The van der Waals surface area contributed by atoms with Crippen molar-refractivity contribution >= 4 is 11.6 Å². The van der Waals surface area contributed by atoms with Gasteiger partial charge in [0, 0.05) is 18.9 Å². The smallest absolute Gasteiger partial charge is 0.235 e. The van der Waals surface area contributed by atoms with E-state index in [0.717, 1.165) is 28.1 Å². The Balaban J connectivity index is 1.89. The summed E-state index contributed by atoms with van der Waals surface area (Å²) in [6, 6.07) is 12.3. The van der Waals surface area contributed by atoms with Crippen LogP contribution < -0.4 is 10.1 Å². The maximum Gasteiger partial charge on any atom is 0.235 e. The lowest BCUT2D eigenvalue weighted by Gasteiger charge is -2.36. The van der Waals surface area contributed by atoms with E-state index in [1.165, 1.54) is 5.56 Å². The summed E-state index contributed by atoms with van der Waals surface area (Å²) in [6.45, 7) is 11.3. The minimum absolute atomic E-state index is 0.0379. The summed E-state index contributed by atoms with van der Waals surface area (Å²) in [6.07, 6.45) is 1.49. The highest BCUT2D eigenvalue weighted by molar-refractivity contribution is 5.99. The number of carbonyl (C=O) groups is 1. The predicted molar refractivity (Wildman–Crippen MR) is 113 cm³/mol. The fraction of sp³-hybridized carbons (Fsp3) is 0.458. The van der Waals surface area contributed by atoms with Gasteiger partial charge in [-0.3, -0.25) is 4.79 Å². The van der Waals surface area contributed by atoms with Crippen molar-refractivity contribution in [1.82, 2.24) is 0 Å². The van der Waals surface area contributed by atoms with E-state index >= 15 is 0 Å². The van der Waals surface area contributed by atoms with Crippen molar-refractivity contribution in [3.05, 3.63) is 58.7 Å². The molecule has 0 unspecified atom stereocenters. The Morgan fingerprint density at radius 3 is 2.14 bits per heavy atom. The maximum atomic E-state index is 13.5. The molecule has 4 nitrogen and oxygen atoms in total. The van der Waals surface area contributed by atoms with Gasteiger partial charge < -0.3 is 14.8 Å².